The van der Waals surface area contributed by atoms with E-state index >= 15 is 0 Å². The van der Waals surface area contributed by atoms with E-state index in [1.807, 2.05) is 13.0 Å². The Morgan fingerprint density at radius 3 is 3.08 bits per heavy atom. The predicted molar refractivity (Wildman–Crippen MR) is 98.0 cm³/mol. The number of ether oxygens (including phenoxy) is 1. The number of nitrogens with one attached hydrogen (secondary N) is 1. The van der Waals surface area contributed by atoms with Crippen molar-refractivity contribution < 1.29 is 13.9 Å². The minimum Gasteiger partial charge on any atom is -0.449 e. The van der Waals surface area contributed by atoms with E-state index in [9.17, 15) is 4.79 Å². The lowest BCUT2D eigenvalue weighted by Gasteiger charge is -2.34. The van der Waals surface area contributed by atoms with E-state index in [2.05, 4.69) is 27.3 Å². The van der Waals surface area contributed by atoms with E-state index in [1.165, 1.54) is 17.5 Å². The maximum atomic E-state index is 12.6. The second-order valence-corrected chi connectivity index (χ2v) is 7.15. The molecule has 2 aliphatic rings. The number of rotatable bonds is 5. The summed E-state index contributed by atoms with van der Waals surface area (Å²) in [4.78, 5) is 19.2. The zero-order chi connectivity index (χ0) is 17.9. The van der Waals surface area contributed by atoms with Crippen LogP contribution in [0.4, 0.5) is 5.69 Å². The Balaban J connectivity index is 1.37. The lowest BCUT2D eigenvalue weighted by molar-refractivity contribution is -0.119. The summed E-state index contributed by atoms with van der Waals surface area (Å²) in [5.41, 5.74) is 4.57. The molecule has 0 bridgehead atoms. The Hall–Kier alpha value is -2.18. The van der Waals surface area contributed by atoms with Crippen LogP contribution < -0.4 is 5.32 Å². The van der Waals surface area contributed by atoms with Crippen molar-refractivity contribution in [2.75, 3.05) is 25.1 Å². The molecule has 6 nitrogen and oxygen atoms in total. The molecule has 0 spiro atoms. The number of aryl methyl sites for hydroxylation is 3. The maximum Gasteiger partial charge on any atom is 0.226 e. The molecule has 1 saturated heterocycles. The molecule has 0 unspecified atom stereocenters. The Labute approximate surface area is 153 Å². The number of amides is 1. The molecule has 1 aliphatic carbocycles. The molecular weight excluding hydrogens is 330 g/mol. The summed E-state index contributed by atoms with van der Waals surface area (Å²) in [5, 5.41) is 3.05. The van der Waals surface area contributed by atoms with Crippen LogP contribution in [0.1, 0.15) is 35.6 Å². The van der Waals surface area contributed by atoms with Crippen molar-refractivity contribution in [3.63, 3.8) is 0 Å². The van der Waals surface area contributed by atoms with Gasteiger partial charge in [-0.2, -0.15) is 0 Å². The third-order valence-electron chi connectivity index (χ3n) is 5.18. The predicted octanol–water partition coefficient (Wildman–Crippen LogP) is 2.70. The maximum absolute atomic E-state index is 12.6. The van der Waals surface area contributed by atoms with Crippen molar-refractivity contribution in [3.05, 3.63) is 47.2 Å². The molecule has 1 fully saturated rings. The highest BCUT2D eigenvalue weighted by molar-refractivity contribution is 5.91. The largest absolute Gasteiger partial charge is 0.449 e. The molecule has 1 aromatic carbocycles. The van der Waals surface area contributed by atoms with Gasteiger partial charge in [-0.1, -0.05) is 6.07 Å². The van der Waals surface area contributed by atoms with Crippen LogP contribution in [-0.2, 0) is 28.9 Å². The molecular formula is C20H25N3O3. The van der Waals surface area contributed by atoms with Gasteiger partial charge in [-0.15, -0.1) is 0 Å². The van der Waals surface area contributed by atoms with Gasteiger partial charge in [0, 0.05) is 38.2 Å². The number of hydrogen-bond acceptors (Lipinski definition) is 5. The molecule has 4 rings (SSSR count). The van der Waals surface area contributed by atoms with Crippen molar-refractivity contribution in [1.29, 1.82) is 0 Å². The van der Waals surface area contributed by atoms with Gasteiger partial charge in [0.15, 0.2) is 5.89 Å². The quantitative estimate of drug-likeness (QED) is 0.893. The van der Waals surface area contributed by atoms with E-state index in [4.69, 9.17) is 9.15 Å². The Morgan fingerprint density at radius 1 is 1.35 bits per heavy atom. The number of hydrogen-bond donors (Lipinski definition) is 1. The SMILES string of the molecule is Cc1nc(CN2CCOC[C@H]2CC(=O)Nc2ccc3c(c2)CCC3)co1. The van der Waals surface area contributed by atoms with E-state index in [1.54, 1.807) is 6.26 Å². The molecule has 2 heterocycles. The first kappa shape index (κ1) is 17.2. The van der Waals surface area contributed by atoms with Crippen LogP contribution in [0.2, 0.25) is 0 Å². The Morgan fingerprint density at radius 2 is 2.23 bits per heavy atom. The smallest absolute Gasteiger partial charge is 0.226 e. The monoisotopic (exact) mass is 355 g/mol. The van der Waals surface area contributed by atoms with Gasteiger partial charge in [-0.25, -0.2) is 4.98 Å². The summed E-state index contributed by atoms with van der Waals surface area (Å²) in [6.07, 6.45) is 5.57. The number of nitrogens with zero attached hydrogens (tertiary/aromatic N) is 2. The van der Waals surface area contributed by atoms with Gasteiger partial charge >= 0.3 is 0 Å². The van der Waals surface area contributed by atoms with Gasteiger partial charge in [0.2, 0.25) is 5.91 Å². The summed E-state index contributed by atoms with van der Waals surface area (Å²) in [6, 6.07) is 6.32. The van der Waals surface area contributed by atoms with Crippen LogP contribution in [0.15, 0.2) is 28.9 Å². The highest BCUT2D eigenvalue weighted by Crippen LogP contribution is 2.25. The molecule has 6 heteroatoms. The summed E-state index contributed by atoms with van der Waals surface area (Å²) >= 11 is 0. The normalized spacial score (nSPS) is 20.1. The summed E-state index contributed by atoms with van der Waals surface area (Å²) < 4.78 is 10.9. The van der Waals surface area contributed by atoms with Gasteiger partial charge < -0.3 is 14.5 Å². The number of carbonyl (C=O) groups is 1. The minimum atomic E-state index is 0.0276. The third-order valence-corrected chi connectivity index (χ3v) is 5.18. The Bertz CT molecular complexity index is 786. The van der Waals surface area contributed by atoms with Crippen LogP contribution in [0.25, 0.3) is 0 Å². The molecule has 26 heavy (non-hydrogen) atoms. The van der Waals surface area contributed by atoms with Crippen LogP contribution in [-0.4, -0.2) is 41.6 Å². The van der Waals surface area contributed by atoms with Crippen molar-refractivity contribution in [2.45, 2.75) is 45.2 Å². The van der Waals surface area contributed by atoms with Gasteiger partial charge in [0.1, 0.15) is 6.26 Å². The molecule has 1 atom stereocenters. The van der Waals surface area contributed by atoms with Crippen molar-refractivity contribution in [1.82, 2.24) is 9.88 Å². The summed E-state index contributed by atoms with van der Waals surface area (Å²) in [6.45, 7) is 4.55. The average Bonchev–Trinajstić information content (AvgIpc) is 3.25. The van der Waals surface area contributed by atoms with Gasteiger partial charge in [0.25, 0.3) is 0 Å². The number of oxazole rings is 1. The van der Waals surface area contributed by atoms with E-state index in [-0.39, 0.29) is 11.9 Å². The van der Waals surface area contributed by atoms with Gasteiger partial charge in [-0.3, -0.25) is 9.69 Å². The second-order valence-electron chi connectivity index (χ2n) is 7.15. The van der Waals surface area contributed by atoms with Gasteiger partial charge in [0.05, 0.1) is 18.9 Å². The first-order valence-electron chi connectivity index (χ1n) is 9.32. The van der Waals surface area contributed by atoms with Crippen molar-refractivity contribution in [3.8, 4) is 0 Å². The first-order chi connectivity index (χ1) is 12.7. The number of fused-ring (bicyclic) bond motifs is 1. The summed E-state index contributed by atoms with van der Waals surface area (Å²) in [7, 11) is 0. The fourth-order valence-electron chi connectivity index (χ4n) is 3.85. The minimum absolute atomic E-state index is 0.0276. The number of carbonyl (C=O) groups excluding carboxylic acids is 1. The number of morpholine rings is 1. The molecule has 1 N–H and O–H groups in total. The number of benzene rings is 1. The molecule has 0 radical (unpaired) electrons. The average molecular weight is 355 g/mol. The molecule has 1 aliphatic heterocycles. The van der Waals surface area contributed by atoms with E-state index < -0.39 is 0 Å². The highest BCUT2D eigenvalue weighted by atomic mass is 16.5. The van der Waals surface area contributed by atoms with E-state index in [0.29, 0.717) is 32.1 Å². The lowest BCUT2D eigenvalue weighted by atomic mass is 10.1. The fraction of sp³-hybridized carbons (Fsp3) is 0.500. The zero-order valence-electron chi connectivity index (χ0n) is 15.2. The second kappa shape index (κ2) is 7.60. The topological polar surface area (TPSA) is 67.6 Å². The molecule has 1 aromatic heterocycles. The van der Waals surface area contributed by atoms with E-state index in [0.717, 1.165) is 30.8 Å². The number of anilines is 1. The number of aromatic nitrogens is 1. The third kappa shape index (κ3) is 3.97. The Kier molecular flexibility index (Phi) is 5.04. The standard InChI is InChI=1S/C20H25N3O3/c1-14-21-18(12-26-14)11-23-7-8-25-13-19(23)10-20(24)22-17-6-5-15-3-2-4-16(15)9-17/h5-6,9,12,19H,2-4,7-8,10-11,13H2,1H3,(H,22,24)/t19-/m1/s1. The van der Waals surface area contributed by atoms with Crippen molar-refractivity contribution in [2.24, 2.45) is 0 Å². The van der Waals surface area contributed by atoms with Crippen molar-refractivity contribution >= 4 is 11.6 Å². The molecule has 2 aromatic rings. The van der Waals surface area contributed by atoms with Gasteiger partial charge in [-0.05, 0) is 42.5 Å². The fourth-order valence-corrected chi connectivity index (χ4v) is 3.85. The molecule has 138 valence electrons. The molecule has 0 saturated carbocycles. The highest BCUT2D eigenvalue weighted by Gasteiger charge is 2.26. The van der Waals surface area contributed by atoms with Crippen LogP contribution >= 0.6 is 0 Å². The van der Waals surface area contributed by atoms with Crippen LogP contribution in [0.3, 0.4) is 0 Å². The zero-order valence-corrected chi connectivity index (χ0v) is 15.2. The summed E-state index contributed by atoms with van der Waals surface area (Å²) in [5.74, 6) is 0.693. The lowest BCUT2D eigenvalue weighted by Crippen LogP contribution is -2.46. The molecule has 1 amide bonds. The van der Waals surface area contributed by atoms with Crippen LogP contribution in [0.5, 0.6) is 0 Å². The first-order valence-corrected chi connectivity index (χ1v) is 9.32. The van der Waals surface area contributed by atoms with Crippen LogP contribution in [0, 0.1) is 6.92 Å².